The number of nitrogens with one attached hydrogen (secondary N) is 1. The van der Waals surface area contributed by atoms with E-state index in [2.05, 4.69) is 47.4 Å². The molecule has 9 heteroatoms. The summed E-state index contributed by atoms with van der Waals surface area (Å²) in [6.45, 7) is 2.92. The van der Waals surface area contributed by atoms with Gasteiger partial charge >= 0.3 is 0 Å². The van der Waals surface area contributed by atoms with Crippen LogP contribution in [0.5, 0.6) is 0 Å². The van der Waals surface area contributed by atoms with Gasteiger partial charge in [-0.1, -0.05) is 29.8 Å². The van der Waals surface area contributed by atoms with E-state index in [1.165, 1.54) is 0 Å². The van der Waals surface area contributed by atoms with Gasteiger partial charge in [-0.25, -0.2) is 0 Å². The number of nitrogens with zero attached hydrogens (tertiary/aromatic N) is 4. The summed E-state index contributed by atoms with van der Waals surface area (Å²) in [4.78, 5) is 12.2. The lowest BCUT2D eigenvalue weighted by Gasteiger charge is -2.05. The summed E-state index contributed by atoms with van der Waals surface area (Å²) in [5.74, 6) is 0.359. The summed E-state index contributed by atoms with van der Waals surface area (Å²) >= 11 is 13.0. The number of hydrogen-bond donors (Lipinski definition) is 1. The van der Waals surface area contributed by atoms with Crippen molar-refractivity contribution in [1.29, 1.82) is 0 Å². The van der Waals surface area contributed by atoms with Gasteiger partial charge in [0.25, 0.3) is 0 Å². The highest BCUT2D eigenvalue weighted by molar-refractivity contribution is 9.10. The number of carbonyl (C=O) groups excluding carboxylic acids is 1. The van der Waals surface area contributed by atoms with Crippen molar-refractivity contribution in [2.24, 2.45) is 0 Å². The third-order valence-electron chi connectivity index (χ3n) is 3.72. The smallest absolute Gasteiger partial charge is 0.227 e. The van der Waals surface area contributed by atoms with Crippen molar-refractivity contribution >= 4 is 55.2 Å². The van der Waals surface area contributed by atoms with E-state index in [0.717, 1.165) is 20.2 Å². The Morgan fingerprint density at radius 3 is 2.58 bits per heavy atom. The van der Waals surface area contributed by atoms with Crippen LogP contribution in [0.15, 0.2) is 45.6 Å². The number of aromatic nitrogens is 4. The summed E-state index contributed by atoms with van der Waals surface area (Å²) < 4.78 is 5.12. The Morgan fingerprint density at radius 2 is 1.88 bits per heavy atom. The van der Waals surface area contributed by atoms with Crippen molar-refractivity contribution in [3.63, 3.8) is 0 Å². The molecule has 0 atom stereocenters. The summed E-state index contributed by atoms with van der Waals surface area (Å²) in [7, 11) is 0. The van der Waals surface area contributed by atoms with E-state index in [4.69, 9.17) is 11.6 Å². The zero-order chi connectivity index (χ0) is 18.7. The second-order valence-electron chi connectivity index (χ2n) is 5.74. The van der Waals surface area contributed by atoms with Crippen LogP contribution in [-0.4, -0.2) is 25.5 Å². The molecule has 0 aliphatic heterocycles. The average molecular weight is 502 g/mol. The van der Waals surface area contributed by atoms with Gasteiger partial charge in [-0.2, -0.15) is 10.2 Å². The molecule has 0 spiro atoms. The molecule has 1 N–H and O–H groups in total. The fraction of sp³-hybridized carbons (Fsp3) is 0.235. The average Bonchev–Trinajstić information content (AvgIpc) is 3.10. The van der Waals surface area contributed by atoms with Gasteiger partial charge in [0.1, 0.15) is 0 Å². The van der Waals surface area contributed by atoms with Gasteiger partial charge in [0.05, 0.1) is 21.2 Å². The zero-order valence-electron chi connectivity index (χ0n) is 13.9. The van der Waals surface area contributed by atoms with Gasteiger partial charge in [-0.05, 0) is 50.4 Å². The Balaban J connectivity index is 1.60. The molecule has 0 bridgehead atoms. The van der Waals surface area contributed by atoms with Crippen LogP contribution in [0.1, 0.15) is 17.7 Å². The van der Waals surface area contributed by atoms with Gasteiger partial charge in [-0.3, -0.25) is 14.2 Å². The van der Waals surface area contributed by atoms with Crippen LogP contribution >= 0.6 is 43.5 Å². The minimum Gasteiger partial charge on any atom is -0.308 e. The first-order valence-corrected chi connectivity index (χ1v) is 9.84. The number of hydrogen-bond acceptors (Lipinski definition) is 3. The molecule has 3 rings (SSSR count). The second kappa shape index (κ2) is 8.37. The fourth-order valence-corrected chi connectivity index (χ4v) is 3.31. The lowest BCUT2D eigenvalue weighted by Crippen LogP contribution is -2.15. The number of carbonyl (C=O) groups is 1. The summed E-state index contributed by atoms with van der Waals surface area (Å²) in [6, 6.07) is 7.60. The Kier molecular flexibility index (Phi) is 6.16. The van der Waals surface area contributed by atoms with Crippen molar-refractivity contribution < 1.29 is 4.79 Å². The highest BCUT2D eigenvalue weighted by Gasteiger charge is 2.12. The molecule has 2 heterocycles. The molecule has 136 valence electrons. The van der Waals surface area contributed by atoms with Gasteiger partial charge < -0.3 is 5.32 Å². The Bertz CT molecular complexity index is 918. The molecule has 0 fully saturated rings. The van der Waals surface area contributed by atoms with Crippen molar-refractivity contribution in [2.75, 3.05) is 5.32 Å². The van der Waals surface area contributed by atoms with Gasteiger partial charge in [0.15, 0.2) is 5.82 Å². The molecular formula is C17H16Br2ClN5O. The maximum atomic E-state index is 12.2. The molecule has 0 aliphatic carbocycles. The van der Waals surface area contributed by atoms with Gasteiger partial charge in [0, 0.05) is 30.4 Å². The number of halogens is 3. The molecule has 3 aromatic rings. The van der Waals surface area contributed by atoms with E-state index in [9.17, 15) is 4.79 Å². The molecule has 2 aromatic heterocycles. The first kappa shape index (κ1) is 19.1. The van der Waals surface area contributed by atoms with E-state index in [0.29, 0.717) is 30.4 Å². The number of benzene rings is 1. The molecule has 0 aliphatic rings. The number of aryl methyl sites for hydroxylation is 2. The summed E-state index contributed by atoms with van der Waals surface area (Å²) in [6.07, 6.45) is 3.97. The van der Waals surface area contributed by atoms with Crippen molar-refractivity contribution in [3.05, 3.63) is 61.9 Å². The van der Waals surface area contributed by atoms with E-state index in [1.807, 2.05) is 43.6 Å². The highest BCUT2D eigenvalue weighted by atomic mass is 79.9. The van der Waals surface area contributed by atoms with Gasteiger partial charge in [0.2, 0.25) is 5.91 Å². The molecule has 6 nitrogen and oxygen atoms in total. The van der Waals surface area contributed by atoms with Crippen molar-refractivity contribution in [2.45, 2.75) is 26.4 Å². The monoisotopic (exact) mass is 499 g/mol. The van der Waals surface area contributed by atoms with Crippen LogP contribution in [0.3, 0.4) is 0 Å². The quantitative estimate of drug-likeness (QED) is 0.535. The van der Waals surface area contributed by atoms with E-state index in [-0.39, 0.29) is 5.91 Å². The molecule has 0 radical (unpaired) electrons. The largest absolute Gasteiger partial charge is 0.308 e. The third-order valence-corrected chi connectivity index (χ3v) is 5.45. The van der Waals surface area contributed by atoms with E-state index < -0.39 is 0 Å². The number of anilines is 1. The number of rotatable bonds is 6. The molecule has 0 unspecified atom stereocenters. The van der Waals surface area contributed by atoms with Crippen LogP contribution in [0.2, 0.25) is 5.02 Å². The van der Waals surface area contributed by atoms with Crippen molar-refractivity contribution in [1.82, 2.24) is 19.6 Å². The molecule has 1 aromatic carbocycles. The molecule has 26 heavy (non-hydrogen) atoms. The predicted octanol–water partition coefficient (Wildman–Crippen LogP) is 4.64. The normalized spacial score (nSPS) is 10.9. The number of amides is 1. The predicted molar refractivity (Wildman–Crippen MR) is 108 cm³/mol. The van der Waals surface area contributed by atoms with Crippen LogP contribution in [0.25, 0.3) is 0 Å². The Morgan fingerprint density at radius 1 is 1.15 bits per heavy atom. The molecule has 1 amide bonds. The lowest BCUT2D eigenvalue weighted by molar-refractivity contribution is -0.116. The lowest BCUT2D eigenvalue weighted by atomic mass is 10.2. The maximum Gasteiger partial charge on any atom is 0.227 e. The second-order valence-corrected chi connectivity index (χ2v) is 7.85. The topological polar surface area (TPSA) is 64.7 Å². The first-order valence-electron chi connectivity index (χ1n) is 7.88. The molecular weight excluding hydrogens is 485 g/mol. The Labute approximate surface area is 172 Å². The maximum absolute atomic E-state index is 12.2. The van der Waals surface area contributed by atoms with Crippen LogP contribution in [0.4, 0.5) is 5.82 Å². The fourth-order valence-electron chi connectivity index (χ4n) is 2.38. The zero-order valence-corrected chi connectivity index (χ0v) is 17.8. The summed E-state index contributed by atoms with van der Waals surface area (Å²) in [5, 5.41) is 12.2. The van der Waals surface area contributed by atoms with E-state index >= 15 is 0 Å². The highest BCUT2D eigenvalue weighted by Crippen LogP contribution is 2.23. The van der Waals surface area contributed by atoms with Gasteiger partial charge in [-0.15, -0.1) is 0 Å². The SMILES string of the molecule is Cc1nn(CCC(=O)Nc2nn(Cc3ccccc3Cl)cc2Br)cc1Br. The standard InChI is InChI=1S/C17H16Br2ClN5O/c1-11-13(18)9-24(22-11)7-6-16(26)21-17-14(19)10-25(23-17)8-12-4-2-3-5-15(12)20/h2-5,9-10H,6-8H2,1H3,(H,21,23,26). The summed E-state index contributed by atoms with van der Waals surface area (Å²) in [5.41, 5.74) is 1.85. The van der Waals surface area contributed by atoms with Crippen LogP contribution in [0, 0.1) is 6.92 Å². The molecule has 0 saturated carbocycles. The minimum absolute atomic E-state index is 0.127. The minimum atomic E-state index is -0.127. The molecule has 0 saturated heterocycles. The van der Waals surface area contributed by atoms with Crippen molar-refractivity contribution in [3.8, 4) is 0 Å². The van der Waals surface area contributed by atoms with Crippen LogP contribution < -0.4 is 5.32 Å². The Hall–Kier alpha value is -1.64. The third kappa shape index (κ3) is 4.75. The first-order chi connectivity index (χ1) is 12.4. The van der Waals surface area contributed by atoms with E-state index in [1.54, 1.807) is 9.36 Å². The van der Waals surface area contributed by atoms with Crippen LogP contribution in [-0.2, 0) is 17.9 Å².